The molecule has 5 nitrogen and oxygen atoms in total. The van der Waals surface area contributed by atoms with Crippen LogP contribution < -0.4 is 5.73 Å². The maximum absolute atomic E-state index is 8.71. The van der Waals surface area contributed by atoms with Gasteiger partial charge in [-0.05, 0) is 30.0 Å². The molecule has 2 N–H and O–H groups in total. The Labute approximate surface area is 96.9 Å². The summed E-state index contributed by atoms with van der Waals surface area (Å²) >= 11 is 1.42. The molecule has 0 aliphatic heterocycles. The van der Waals surface area contributed by atoms with E-state index in [2.05, 4.69) is 10.2 Å². The number of nitrogen functional groups attached to an aromatic ring is 1. The highest BCUT2D eigenvalue weighted by Gasteiger charge is 2.07. The number of anilines is 1. The van der Waals surface area contributed by atoms with Gasteiger partial charge in [-0.25, -0.2) is 0 Å². The third-order valence-electron chi connectivity index (χ3n) is 2.01. The minimum Gasteiger partial charge on any atom is -0.398 e. The summed E-state index contributed by atoms with van der Waals surface area (Å²) in [6.07, 6.45) is 1.63. The molecule has 16 heavy (non-hydrogen) atoms. The third-order valence-corrected chi connectivity index (χ3v) is 3.15. The van der Waals surface area contributed by atoms with E-state index >= 15 is 0 Å². The molecule has 0 bridgehead atoms. The summed E-state index contributed by atoms with van der Waals surface area (Å²) in [6, 6.07) is 7.24. The van der Waals surface area contributed by atoms with Crippen molar-refractivity contribution < 1.29 is 0 Å². The minimum atomic E-state index is 0.555. The van der Waals surface area contributed by atoms with E-state index in [1.54, 1.807) is 18.5 Å². The lowest BCUT2D eigenvalue weighted by atomic mass is 10.2. The molecule has 0 unspecified atom stereocenters. The zero-order chi connectivity index (χ0) is 11.5. The fraction of sp³-hybridized carbons (Fsp3) is 0.100. The van der Waals surface area contributed by atoms with Crippen molar-refractivity contribution in [2.75, 3.05) is 5.73 Å². The molecule has 0 saturated carbocycles. The van der Waals surface area contributed by atoms with E-state index in [0.29, 0.717) is 11.3 Å². The van der Waals surface area contributed by atoms with Gasteiger partial charge >= 0.3 is 0 Å². The van der Waals surface area contributed by atoms with Crippen molar-refractivity contribution in [2.45, 2.75) is 10.1 Å². The molecule has 1 heterocycles. The van der Waals surface area contributed by atoms with E-state index in [0.717, 1.165) is 10.1 Å². The topological polar surface area (TPSA) is 80.5 Å². The number of nitrogens with zero attached hydrogens (tertiary/aromatic N) is 4. The monoisotopic (exact) mass is 231 g/mol. The summed E-state index contributed by atoms with van der Waals surface area (Å²) in [5.74, 6) is 0. The zero-order valence-electron chi connectivity index (χ0n) is 8.58. The van der Waals surface area contributed by atoms with E-state index in [4.69, 9.17) is 11.0 Å². The highest BCUT2D eigenvalue weighted by Crippen LogP contribution is 2.30. The molecule has 80 valence electrons. The van der Waals surface area contributed by atoms with Crippen LogP contribution >= 0.6 is 11.8 Å². The maximum atomic E-state index is 8.71. The third kappa shape index (κ3) is 1.99. The first-order chi connectivity index (χ1) is 7.70. The first-order valence-corrected chi connectivity index (χ1v) is 5.34. The molecule has 0 atom stereocenters. The van der Waals surface area contributed by atoms with Gasteiger partial charge in [-0.1, -0.05) is 0 Å². The van der Waals surface area contributed by atoms with Gasteiger partial charge in [-0.2, -0.15) is 5.26 Å². The molecule has 0 radical (unpaired) electrons. The van der Waals surface area contributed by atoms with Crippen LogP contribution in [0.5, 0.6) is 0 Å². The van der Waals surface area contributed by atoms with Gasteiger partial charge in [0.15, 0.2) is 5.16 Å². The van der Waals surface area contributed by atoms with Crippen LogP contribution in [0.1, 0.15) is 5.56 Å². The van der Waals surface area contributed by atoms with Crippen LogP contribution in [0, 0.1) is 11.3 Å². The predicted octanol–water partition coefficient (Wildman–Crippen LogP) is 1.42. The van der Waals surface area contributed by atoms with Gasteiger partial charge in [0, 0.05) is 17.6 Å². The first kappa shape index (κ1) is 10.5. The SMILES string of the molecule is Cn1cnnc1Sc1ccc(C#N)cc1N. The Morgan fingerprint density at radius 1 is 1.50 bits per heavy atom. The standard InChI is InChI=1S/C10H9N5S/c1-15-6-13-14-10(15)16-9-3-2-7(5-11)4-8(9)12/h2-4,6H,12H2,1H3. The Balaban J connectivity index is 2.30. The van der Waals surface area contributed by atoms with Gasteiger partial charge < -0.3 is 10.3 Å². The Hall–Kier alpha value is -2.00. The molecule has 1 aromatic carbocycles. The molecule has 0 aliphatic carbocycles. The number of nitriles is 1. The molecule has 0 fully saturated rings. The maximum Gasteiger partial charge on any atom is 0.195 e. The second-order valence-electron chi connectivity index (χ2n) is 3.19. The first-order valence-electron chi connectivity index (χ1n) is 4.52. The van der Waals surface area contributed by atoms with Gasteiger partial charge in [-0.3, -0.25) is 0 Å². The number of aryl methyl sites for hydroxylation is 1. The van der Waals surface area contributed by atoms with Crippen molar-refractivity contribution >= 4 is 17.4 Å². The van der Waals surface area contributed by atoms with Crippen molar-refractivity contribution in [1.29, 1.82) is 5.26 Å². The van der Waals surface area contributed by atoms with Gasteiger partial charge in [-0.15, -0.1) is 10.2 Å². The van der Waals surface area contributed by atoms with Crippen LogP contribution in [0.4, 0.5) is 5.69 Å². The molecule has 2 rings (SSSR count). The lowest BCUT2D eigenvalue weighted by molar-refractivity contribution is 0.789. The van der Waals surface area contributed by atoms with Crippen LogP contribution in [0.15, 0.2) is 34.6 Å². The van der Waals surface area contributed by atoms with E-state index in [1.807, 2.05) is 23.8 Å². The van der Waals surface area contributed by atoms with E-state index in [9.17, 15) is 0 Å². The van der Waals surface area contributed by atoms with Crippen molar-refractivity contribution in [3.8, 4) is 6.07 Å². The van der Waals surface area contributed by atoms with Gasteiger partial charge in [0.05, 0.1) is 11.6 Å². The summed E-state index contributed by atoms with van der Waals surface area (Å²) in [5, 5.41) is 17.2. The van der Waals surface area contributed by atoms with Gasteiger partial charge in [0.25, 0.3) is 0 Å². The fourth-order valence-electron chi connectivity index (χ4n) is 1.17. The van der Waals surface area contributed by atoms with Crippen molar-refractivity contribution in [3.05, 3.63) is 30.1 Å². The van der Waals surface area contributed by atoms with E-state index < -0.39 is 0 Å². The second-order valence-corrected chi connectivity index (χ2v) is 4.20. The number of rotatable bonds is 2. The fourth-order valence-corrected chi connectivity index (χ4v) is 1.96. The smallest absolute Gasteiger partial charge is 0.195 e. The van der Waals surface area contributed by atoms with Crippen molar-refractivity contribution in [1.82, 2.24) is 14.8 Å². The number of aromatic nitrogens is 3. The largest absolute Gasteiger partial charge is 0.398 e. The molecule has 0 saturated heterocycles. The minimum absolute atomic E-state index is 0.555. The van der Waals surface area contributed by atoms with Gasteiger partial charge in [0.2, 0.25) is 0 Å². The molecule has 0 spiro atoms. The zero-order valence-corrected chi connectivity index (χ0v) is 9.40. The van der Waals surface area contributed by atoms with E-state index in [-0.39, 0.29) is 0 Å². The molecule has 0 aliphatic rings. The van der Waals surface area contributed by atoms with E-state index in [1.165, 1.54) is 11.8 Å². The Bertz CT molecular complexity index is 555. The summed E-state index contributed by atoms with van der Waals surface area (Å²) in [6.45, 7) is 0. The number of hydrogen-bond donors (Lipinski definition) is 1. The van der Waals surface area contributed by atoms with Crippen LogP contribution in [0.25, 0.3) is 0 Å². The Kier molecular flexibility index (Phi) is 2.79. The predicted molar refractivity (Wildman–Crippen MR) is 60.7 cm³/mol. The van der Waals surface area contributed by atoms with Crippen molar-refractivity contribution in [2.24, 2.45) is 7.05 Å². The molecule has 6 heteroatoms. The van der Waals surface area contributed by atoms with Crippen LogP contribution in [0.3, 0.4) is 0 Å². The lowest BCUT2D eigenvalue weighted by Gasteiger charge is -2.04. The van der Waals surface area contributed by atoms with Gasteiger partial charge in [0.1, 0.15) is 6.33 Å². The number of benzene rings is 1. The second kappa shape index (κ2) is 4.24. The highest BCUT2D eigenvalue weighted by molar-refractivity contribution is 7.99. The Morgan fingerprint density at radius 3 is 2.88 bits per heavy atom. The molecular weight excluding hydrogens is 222 g/mol. The average Bonchev–Trinajstić information content (AvgIpc) is 2.67. The molecule has 1 aromatic heterocycles. The average molecular weight is 231 g/mol. The van der Waals surface area contributed by atoms with Crippen LogP contribution in [-0.2, 0) is 7.05 Å². The summed E-state index contributed by atoms with van der Waals surface area (Å²) in [4.78, 5) is 0.870. The summed E-state index contributed by atoms with van der Waals surface area (Å²) in [5.41, 5.74) is 6.97. The molecule has 0 amide bonds. The molecular formula is C10H9N5S. The lowest BCUT2D eigenvalue weighted by Crippen LogP contribution is -1.93. The van der Waals surface area contributed by atoms with Crippen molar-refractivity contribution in [3.63, 3.8) is 0 Å². The summed E-state index contributed by atoms with van der Waals surface area (Å²) in [7, 11) is 1.86. The van der Waals surface area contributed by atoms with Crippen LogP contribution in [0.2, 0.25) is 0 Å². The number of nitrogens with two attached hydrogens (primary N) is 1. The highest BCUT2D eigenvalue weighted by atomic mass is 32.2. The van der Waals surface area contributed by atoms with Crippen LogP contribution in [-0.4, -0.2) is 14.8 Å². The Morgan fingerprint density at radius 2 is 2.31 bits per heavy atom. The number of hydrogen-bond acceptors (Lipinski definition) is 5. The quantitative estimate of drug-likeness (QED) is 0.790. The molecule has 2 aromatic rings. The summed E-state index contributed by atoms with van der Waals surface area (Å²) < 4.78 is 1.81. The normalized spacial score (nSPS) is 10.0.